The molecule has 0 bridgehead atoms. The normalized spacial score (nSPS) is 12.7. The van der Waals surface area contributed by atoms with E-state index in [4.69, 9.17) is 5.26 Å². The lowest BCUT2D eigenvalue weighted by Gasteiger charge is -2.30. The number of carbonyl (C=O) groups is 1. The minimum absolute atomic E-state index is 0.0708. The summed E-state index contributed by atoms with van der Waals surface area (Å²) in [5, 5.41) is 20.7. The van der Waals surface area contributed by atoms with Crippen LogP contribution in [0.2, 0.25) is 0 Å². The van der Waals surface area contributed by atoms with Crippen molar-refractivity contribution < 1.29 is 27.1 Å². The third-order valence-corrected chi connectivity index (χ3v) is 6.94. The number of aromatic nitrogens is 2. The molecule has 2 heterocycles. The van der Waals surface area contributed by atoms with Crippen LogP contribution in [0.4, 0.5) is 13.6 Å². The van der Waals surface area contributed by atoms with E-state index in [1.165, 1.54) is 30.3 Å². The Hall–Kier alpha value is -3.78. The van der Waals surface area contributed by atoms with Crippen LogP contribution in [-0.4, -0.2) is 34.6 Å². The molecule has 0 saturated carbocycles. The van der Waals surface area contributed by atoms with Crippen molar-refractivity contribution in [2.24, 2.45) is 5.41 Å². The fourth-order valence-corrected chi connectivity index (χ4v) is 4.86. The fraction of sp³-hybridized carbons (Fsp3) is 0.261. The highest BCUT2D eigenvalue weighted by molar-refractivity contribution is 7.90. The van der Waals surface area contributed by atoms with E-state index in [9.17, 15) is 22.7 Å². The molecule has 0 spiro atoms. The molecule has 0 aliphatic rings. The van der Waals surface area contributed by atoms with Crippen molar-refractivity contribution >= 4 is 16.1 Å². The number of amides is 1. The van der Waals surface area contributed by atoms with Gasteiger partial charge in [-0.15, -0.1) is 0 Å². The first-order valence-electron chi connectivity index (χ1n) is 10.1. The average Bonchev–Trinajstić information content (AvgIpc) is 3.09. The molecule has 1 atom stereocenters. The van der Waals surface area contributed by atoms with Crippen molar-refractivity contribution in [3.63, 3.8) is 0 Å². The highest BCUT2D eigenvalue weighted by Crippen LogP contribution is 2.34. The zero-order chi connectivity index (χ0) is 25.3. The van der Waals surface area contributed by atoms with E-state index in [-0.39, 0.29) is 28.0 Å². The number of pyridine rings is 1. The van der Waals surface area contributed by atoms with Crippen LogP contribution in [-0.2, 0) is 16.4 Å². The van der Waals surface area contributed by atoms with Crippen LogP contribution in [0.1, 0.15) is 31.9 Å². The minimum Gasteiger partial charge on any atom is -0.465 e. The first kappa shape index (κ1) is 24.9. The second kappa shape index (κ2) is 9.23. The van der Waals surface area contributed by atoms with Crippen LogP contribution in [0, 0.1) is 28.5 Å². The standard InChI is InChI=1S/C23H22F2N4O4S/c1-23(2,3)18(28-22(30)31)11-15-13-29(20(19(15)24)17-8-5-9-27-21(17)25)34(32,33)16-7-4-6-14(10-16)12-26/h4-10,13,18,28H,11H2,1-3H3,(H,30,31). The highest BCUT2D eigenvalue weighted by atomic mass is 32.2. The van der Waals surface area contributed by atoms with Gasteiger partial charge >= 0.3 is 6.09 Å². The quantitative estimate of drug-likeness (QED) is 0.502. The van der Waals surface area contributed by atoms with Crippen LogP contribution in [0.25, 0.3) is 11.3 Å². The molecule has 178 valence electrons. The predicted molar refractivity (Wildman–Crippen MR) is 119 cm³/mol. The van der Waals surface area contributed by atoms with Crippen LogP contribution >= 0.6 is 0 Å². The van der Waals surface area contributed by atoms with Crippen molar-refractivity contribution in [1.82, 2.24) is 14.3 Å². The van der Waals surface area contributed by atoms with E-state index in [0.717, 1.165) is 18.5 Å². The van der Waals surface area contributed by atoms with E-state index in [1.807, 2.05) is 6.07 Å². The molecule has 1 amide bonds. The molecule has 0 saturated heterocycles. The number of hydrogen-bond acceptors (Lipinski definition) is 5. The number of carboxylic acid groups (broad SMARTS) is 1. The van der Waals surface area contributed by atoms with Crippen molar-refractivity contribution in [1.29, 1.82) is 5.26 Å². The molecule has 0 radical (unpaired) electrons. The molecular weight excluding hydrogens is 466 g/mol. The van der Waals surface area contributed by atoms with Gasteiger partial charge in [-0.25, -0.2) is 26.6 Å². The van der Waals surface area contributed by atoms with E-state index in [0.29, 0.717) is 3.97 Å². The number of nitrogens with one attached hydrogen (secondary N) is 1. The largest absolute Gasteiger partial charge is 0.465 e. The Morgan fingerprint density at radius 1 is 1.26 bits per heavy atom. The maximum absolute atomic E-state index is 15.7. The van der Waals surface area contributed by atoms with Gasteiger partial charge in [-0.3, -0.25) is 0 Å². The molecule has 0 aliphatic carbocycles. The molecule has 0 fully saturated rings. The molecule has 3 aromatic rings. The van der Waals surface area contributed by atoms with E-state index < -0.39 is 45.0 Å². The summed E-state index contributed by atoms with van der Waals surface area (Å²) in [5.74, 6) is -2.10. The van der Waals surface area contributed by atoms with Gasteiger partial charge in [0.1, 0.15) is 5.69 Å². The molecule has 1 unspecified atom stereocenters. The van der Waals surface area contributed by atoms with Gasteiger partial charge in [-0.05, 0) is 42.2 Å². The molecule has 1 aromatic carbocycles. The van der Waals surface area contributed by atoms with Gasteiger partial charge in [0.25, 0.3) is 10.0 Å². The maximum Gasteiger partial charge on any atom is 0.404 e. The highest BCUT2D eigenvalue weighted by Gasteiger charge is 2.32. The van der Waals surface area contributed by atoms with Gasteiger partial charge < -0.3 is 10.4 Å². The molecule has 11 heteroatoms. The van der Waals surface area contributed by atoms with Crippen molar-refractivity contribution in [3.05, 3.63) is 71.7 Å². The zero-order valence-electron chi connectivity index (χ0n) is 18.6. The maximum atomic E-state index is 15.7. The number of halogens is 2. The Bertz CT molecular complexity index is 1390. The molecule has 2 aromatic heterocycles. The van der Waals surface area contributed by atoms with E-state index in [2.05, 4.69) is 10.3 Å². The first-order chi connectivity index (χ1) is 15.9. The summed E-state index contributed by atoms with van der Waals surface area (Å²) < 4.78 is 57.8. The van der Waals surface area contributed by atoms with Gasteiger partial charge in [-0.1, -0.05) is 26.8 Å². The number of hydrogen-bond donors (Lipinski definition) is 2. The molecule has 2 N–H and O–H groups in total. The summed E-state index contributed by atoms with van der Waals surface area (Å²) in [6.07, 6.45) is 0.631. The van der Waals surface area contributed by atoms with Gasteiger partial charge in [-0.2, -0.15) is 9.65 Å². The van der Waals surface area contributed by atoms with Gasteiger partial charge in [0.05, 0.1) is 22.1 Å². The third kappa shape index (κ3) is 4.92. The topological polar surface area (TPSA) is 125 Å². The number of benzene rings is 1. The third-order valence-electron chi connectivity index (χ3n) is 5.28. The molecule has 3 rings (SSSR count). The predicted octanol–water partition coefficient (Wildman–Crippen LogP) is 4.16. The second-order valence-corrected chi connectivity index (χ2v) is 10.5. The lowest BCUT2D eigenvalue weighted by atomic mass is 9.83. The van der Waals surface area contributed by atoms with Gasteiger partial charge in [0, 0.05) is 24.0 Å². The number of rotatable bonds is 6. The molecule has 8 nitrogen and oxygen atoms in total. The zero-order valence-corrected chi connectivity index (χ0v) is 19.4. The lowest BCUT2D eigenvalue weighted by molar-refractivity contribution is 0.174. The van der Waals surface area contributed by atoms with E-state index >= 15 is 4.39 Å². The van der Waals surface area contributed by atoms with Gasteiger partial charge in [0.15, 0.2) is 5.82 Å². The van der Waals surface area contributed by atoms with Crippen LogP contribution in [0.15, 0.2) is 53.7 Å². The minimum atomic E-state index is -4.47. The molecule has 34 heavy (non-hydrogen) atoms. The Morgan fingerprint density at radius 2 is 1.97 bits per heavy atom. The van der Waals surface area contributed by atoms with Crippen molar-refractivity contribution in [3.8, 4) is 17.3 Å². The smallest absolute Gasteiger partial charge is 0.404 e. The Kier molecular flexibility index (Phi) is 6.74. The monoisotopic (exact) mass is 488 g/mol. The first-order valence-corrected chi connectivity index (χ1v) is 11.6. The molecular formula is C23H22F2N4O4S. The van der Waals surface area contributed by atoms with Crippen LogP contribution < -0.4 is 5.32 Å². The fourth-order valence-electron chi connectivity index (χ4n) is 3.43. The Morgan fingerprint density at radius 3 is 2.56 bits per heavy atom. The average molecular weight is 489 g/mol. The SMILES string of the molecule is CC(C)(C)C(Cc1cn(S(=O)(=O)c2cccc(C#N)c2)c(-c2cccnc2F)c1F)NC(=O)O. The van der Waals surface area contributed by atoms with Crippen LogP contribution in [0.3, 0.4) is 0 Å². The summed E-state index contributed by atoms with van der Waals surface area (Å²) in [7, 11) is -4.47. The Labute approximate surface area is 195 Å². The lowest BCUT2D eigenvalue weighted by Crippen LogP contribution is -2.44. The number of nitriles is 1. The van der Waals surface area contributed by atoms with Crippen molar-refractivity contribution in [2.75, 3.05) is 0 Å². The summed E-state index contributed by atoms with van der Waals surface area (Å²) in [5.41, 5.74) is -1.67. The van der Waals surface area contributed by atoms with E-state index in [1.54, 1.807) is 20.8 Å². The van der Waals surface area contributed by atoms with Gasteiger partial charge in [0.2, 0.25) is 5.95 Å². The Balaban J connectivity index is 2.26. The van der Waals surface area contributed by atoms with Crippen molar-refractivity contribution in [2.45, 2.75) is 38.1 Å². The summed E-state index contributed by atoms with van der Waals surface area (Å²) in [6, 6.07) is 8.72. The number of nitrogens with zero attached hydrogens (tertiary/aromatic N) is 3. The molecule has 0 aliphatic heterocycles. The summed E-state index contributed by atoms with van der Waals surface area (Å²) in [6.45, 7) is 5.23. The van der Waals surface area contributed by atoms with Crippen LogP contribution in [0.5, 0.6) is 0 Å². The summed E-state index contributed by atoms with van der Waals surface area (Å²) in [4.78, 5) is 14.5. The second-order valence-electron chi connectivity index (χ2n) is 8.67. The summed E-state index contributed by atoms with van der Waals surface area (Å²) >= 11 is 0.